The number of anilines is 1. The van der Waals surface area contributed by atoms with E-state index in [1.165, 1.54) is 0 Å². The van der Waals surface area contributed by atoms with Gasteiger partial charge in [0.05, 0.1) is 16.5 Å². The van der Waals surface area contributed by atoms with Crippen LogP contribution in [0.4, 0.5) is 14.5 Å². The fraction of sp³-hybridized carbons (Fsp3) is 0.250. The lowest BCUT2D eigenvalue weighted by atomic mass is 10.3. The predicted octanol–water partition coefficient (Wildman–Crippen LogP) is 3.43. The van der Waals surface area contributed by atoms with Gasteiger partial charge in [-0.15, -0.1) is 0 Å². The molecule has 2 rings (SSSR count). The van der Waals surface area contributed by atoms with E-state index in [2.05, 4.69) is 26.2 Å². The number of halogens is 3. The Kier molecular flexibility index (Phi) is 4.30. The van der Waals surface area contributed by atoms with Gasteiger partial charge in [-0.2, -0.15) is 0 Å². The molecule has 1 N–H and O–H groups in total. The Morgan fingerprint density at radius 1 is 1.28 bits per heavy atom. The van der Waals surface area contributed by atoms with Gasteiger partial charge in [0.1, 0.15) is 11.6 Å². The summed E-state index contributed by atoms with van der Waals surface area (Å²) >= 11 is 2.94. The number of aryl methyl sites for hydroxylation is 1. The zero-order valence-electron chi connectivity index (χ0n) is 9.54. The molecule has 0 atom stereocenters. The largest absolute Gasteiger partial charge is 0.383 e. The van der Waals surface area contributed by atoms with Crippen LogP contribution in [0, 0.1) is 11.6 Å². The van der Waals surface area contributed by atoms with Crippen molar-refractivity contribution in [1.29, 1.82) is 0 Å². The molecular weight excluding hydrogens is 304 g/mol. The van der Waals surface area contributed by atoms with E-state index in [1.807, 2.05) is 10.8 Å². The van der Waals surface area contributed by atoms with Gasteiger partial charge in [0, 0.05) is 31.5 Å². The van der Waals surface area contributed by atoms with Gasteiger partial charge in [-0.3, -0.25) is 0 Å². The molecule has 0 aliphatic carbocycles. The minimum atomic E-state index is -0.478. The summed E-state index contributed by atoms with van der Waals surface area (Å²) in [5.74, 6) is -0.945. The molecule has 0 saturated carbocycles. The first-order chi connectivity index (χ1) is 8.66. The van der Waals surface area contributed by atoms with Crippen LogP contribution in [0.2, 0.25) is 0 Å². The third-order valence-electron chi connectivity index (χ3n) is 2.48. The maximum absolute atomic E-state index is 13.5. The van der Waals surface area contributed by atoms with Gasteiger partial charge < -0.3 is 9.88 Å². The van der Waals surface area contributed by atoms with Crippen molar-refractivity contribution in [2.24, 2.45) is 0 Å². The number of nitrogens with zero attached hydrogens (tertiary/aromatic N) is 2. The smallest absolute Gasteiger partial charge is 0.147 e. The second-order valence-electron chi connectivity index (χ2n) is 3.83. The Balaban J connectivity index is 1.85. The Morgan fingerprint density at radius 2 is 2.11 bits per heavy atom. The van der Waals surface area contributed by atoms with Gasteiger partial charge in [-0.05, 0) is 28.4 Å². The summed E-state index contributed by atoms with van der Waals surface area (Å²) in [5, 5.41) is 2.87. The molecule has 0 aliphatic heterocycles. The van der Waals surface area contributed by atoms with E-state index in [0.717, 1.165) is 25.1 Å². The maximum atomic E-state index is 13.5. The van der Waals surface area contributed by atoms with Crippen LogP contribution in [0.15, 0.2) is 35.3 Å². The Hall–Kier alpha value is -1.43. The molecule has 1 heterocycles. The van der Waals surface area contributed by atoms with Crippen LogP contribution in [0.5, 0.6) is 0 Å². The number of aromatic nitrogens is 2. The predicted molar refractivity (Wildman–Crippen MR) is 69.4 cm³/mol. The molecule has 0 fully saturated rings. The molecular formula is C12H12BrF2N3. The summed E-state index contributed by atoms with van der Waals surface area (Å²) in [4.78, 5) is 3.92. The number of hydrogen-bond donors (Lipinski definition) is 1. The van der Waals surface area contributed by atoms with Crippen LogP contribution < -0.4 is 5.32 Å². The lowest BCUT2D eigenvalue weighted by Gasteiger charge is -2.08. The van der Waals surface area contributed by atoms with E-state index in [-0.39, 0.29) is 10.2 Å². The van der Waals surface area contributed by atoms with Gasteiger partial charge in [0.25, 0.3) is 0 Å². The summed E-state index contributed by atoms with van der Waals surface area (Å²) < 4.78 is 28.7. The van der Waals surface area contributed by atoms with Crippen molar-refractivity contribution in [2.75, 3.05) is 11.9 Å². The van der Waals surface area contributed by atoms with E-state index in [1.54, 1.807) is 12.5 Å². The highest BCUT2D eigenvalue weighted by Crippen LogP contribution is 2.23. The molecule has 3 nitrogen and oxygen atoms in total. The Morgan fingerprint density at radius 3 is 2.83 bits per heavy atom. The molecule has 0 aliphatic rings. The van der Waals surface area contributed by atoms with Crippen molar-refractivity contribution >= 4 is 21.6 Å². The van der Waals surface area contributed by atoms with Crippen molar-refractivity contribution in [3.05, 3.63) is 47.0 Å². The van der Waals surface area contributed by atoms with Crippen LogP contribution in [0.25, 0.3) is 0 Å². The van der Waals surface area contributed by atoms with Crippen LogP contribution in [-0.2, 0) is 6.54 Å². The first-order valence-corrected chi connectivity index (χ1v) is 6.30. The molecule has 0 amide bonds. The van der Waals surface area contributed by atoms with Gasteiger partial charge in [0.2, 0.25) is 0 Å². The van der Waals surface area contributed by atoms with Crippen molar-refractivity contribution in [1.82, 2.24) is 9.55 Å². The molecule has 1 aromatic heterocycles. The van der Waals surface area contributed by atoms with Gasteiger partial charge >= 0.3 is 0 Å². The number of benzene rings is 1. The van der Waals surface area contributed by atoms with E-state index in [4.69, 9.17) is 0 Å². The van der Waals surface area contributed by atoms with Gasteiger partial charge in [0.15, 0.2) is 0 Å². The molecule has 0 spiro atoms. The quantitative estimate of drug-likeness (QED) is 0.676. The highest BCUT2D eigenvalue weighted by molar-refractivity contribution is 9.10. The SMILES string of the molecule is Fc1cc(NCCCn2ccnc2)c(F)cc1Br. The van der Waals surface area contributed by atoms with Crippen molar-refractivity contribution < 1.29 is 8.78 Å². The number of hydrogen-bond acceptors (Lipinski definition) is 2. The highest BCUT2D eigenvalue weighted by Gasteiger charge is 2.07. The molecule has 96 valence electrons. The summed E-state index contributed by atoms with van der Waals surface area (Å²) in [6, 6.07) is 2.27. The average molecular weight is 316 g/mol. The van der Waals surface area contributed by atoms with Crippen LogP contribution in [0.3, 0.4) is 0 Å². The van der Waals surface area contributed by atoms with Crippen LogP contribution in [-0.4, -0.2) is 16.1 Å². The lowest BCUT2D eigenvalue weighted by molar-refractivity contribution is 0.594. The summed E-state index contributed by atoms with van der Waals surface area (Å²) in [6.07, 6.45) is 6.09. The zero-order valence-corrected chi connectivity index (χ0v) is 11.1. The van der Waals surface area contributed by atoms with E-state index >= 15 is 0 Å². The minimum absolute atomic E-state index is 0.129. The second-order valence-corrected chi connectivity index (χ2v) is 4.68. The molecule has 0 radical (unpaired) electrons. The second kappa shape index (κ2) is 5.95. The molecule has 0 bridgehead atoms. The van der Waals surface area contributed by atoms with E-state index in [0.29, 0.717) is 6.54 Å². The third kappa shape index (κ3) is 3.29. The maximum Gasteiger partial charge on any atom is 0.147 e. The van der Waals surface area contributed by atoms with Crippen LogP contribution in [0.1, 0.15) is 6.42 Å². The fourth-order valence-corrected chi connectivity index (χ4v) is 1.88. The van der Waals surface area contributed by atoms with Crippen molar-refractivity contribution in [2.45, 2.75) is 13.0 Å². The van der Waals surface area contributed by atoms with Crippen LogP contribution >= 0.6 is 15.9 Å². The summed E-state index contributed by atoms with van der Waals surface area (Å²) in [7, 11) is 0. The molecule has 2 aromatic rings. The van der Waals surface area contributed by atoms with Gasteiger partial charge in [-0.25, -0.2) is 13.8 Å². The molecule has 1 aromatic carbocycles. The summed E-state index contributed by atoms with van der Waals surface area (Å²) in [5.41, 5.74) is 0.182. The summed E-state index contributed by atoms with van der Waals surface area (Å²) in [6.45, 7) is 1.35. The lowest BCUT2D eigenvalue weighted by Crippen LogP contribution is -2.07. The zero-order chi connectivity index (χ0) is 13.0. The monoisotopic (exact) mass is 315 g/mol. The standard InChI is InChI=1S/C12H12BrF2N3/c13-9-6-11(15)12(7-10(9)14)17-2-1-4-18-5-3-16-8-18/h3,5-8,17H,1-2,4H2. The molecule has 0 unspecified atom stereocenters. The van der Waals surface area contributed by atoms with Crippen molar-refractivity contribution in [3.63, 3.8) is 0 Å². The van der Waals surface area contributed by atoms with E-state index < -0.39 is 11.6 Å². The Bertz CT molecular complexity index is 514. The third-order valence-corrected chi connectivity index (χ3v) is 3.09. The first kappa shape index (κ1) is 13.0. The molecule has 6 heteroatoms. The molecule has 0 saturated heterocycles. The minimum Gasteiger partial charge on any atom is -0.383 e. The number of imidazole rings is 1. The molecule has 18 heavy (non-hydrogen) atoms. The first-order valence-electron chi connectivity index (χ1n) is 5.51. The Labute approximate surface area is 112 Å². The van der Waals surface area contributed by atoms with Gasteiger partial charge in [-0.1, -0.05) is 0 Å². The van der Waals surface area contributed by atoms with E-state index in [9.17, 15) is 8.78 Å². The number of nitrogens with one attached hydrogen (secondary N) is 1. The van der Waals surface area contributed by atoms with Crippen molar-refractivity contribution in [3.8, 4) is 0 Å². The normalized spacial score (nSPS) is 10.6. The topological polar surface area (TPSA) is 29.9 Å². The average Bonchev–Trinajstić information content (AvgIpc) is 2.84. The fourth-order valence-electron chi connectivity index (χ4n) is 1.56. The number of rotatable bonds is 5. The highest BCUT2D eigenvalue weighted by atomic mass is 79.9.